The predicted molar refractivity (Wildman–Crippen MR) is 95.9 cm³/mol. The Kier molecular flexibility index (Phi) is 6.92. The van der Waals surface area contributed by atoms with Gasteiger partial charge in [-0.15, -0.1) is 0 Å². The first-order chi connectivity index (χ1) is 11.7. The molecule has 0 aromatic heterocycles. The minimum absolute atomic E-state index is 0.116. The minimum Gasteiger partial charge on any atom is -0.512 e. The van der Waals surface area contributed by atoms with Crippen LogP contribution in [0.1, 0.15) is 45.4 Å². The van der Waals surface area contributed by atoms with Gasteiger partial charge in [0.05, 0.1) is 31.3 Å². The molecule has 3 atom stereocenters. The monoisotopic (exact) mass is 338 g/mol. The first-order valence-electron chi connectivity index (χ1n) is 9.69. The lowest BCUT2D eigenvalue weighted by molar-refractivity contribution is 0.0372. The molecule has 3 aliphatic rings. The van der Waals surface area contributed by atoms with Crippen molar-refractivity contribution in [3.05, 3.63) is 11.3 Å². The van der Waals surface area contributed by atoms with Crippen LogP contribution in [0.25, 0.3) is 0 Å². The summed E-state index contributed by atoms with van der Waals surface area (Å²) in [4.78, 5) is 2.48. The van der Waals surface area contributed by atoms with Crippen molar-refractivity contribution in [1.82, 2.24) is 20.9 Å². The Morgan fingerprint density at radius 2 is 2.00 bits per heavy atom. The average molecular weight is 338 g/mol. The molecule has 3 rings (SSSR count). The second kappa shape index (κ2) is 9.15. The molecule has 6 nitrogen and oxygen atoms in total. The van der Waals surface area contributed by atoms with Gasteiger partial charge < -0.3 is 15.2 Å². The van der Waals surface area contributed by atoms with Crippen LogP contribution in [-0.4, -0.2) is 67.8 Å². The minimum atomic E-state index is 0.116. The normalized spacial score (nSPS) is 33.0. The molecule has 0 aromatic rings. The maximum absolute atomic E-state index is 10.2. The Balaban J connectivity index is 1.42. The summed E-state index contributed by atoms with van der Waals surface area (Å²) in [5.74, 6) is 0.603. The van der Waals surface area contributed by atoms with Crippen molar-refractivity contribution >= 4 is 0 Å². The van der Waals surface area contributed by atoms with E-state index in [2.05, 4.69) is 27.8 Å². The smallest absolute Gasteiger partial charge is 0.0943 e. The SMILES string of the molecule is CC1CC(NCCCN2CCOCC2)NC(C2=C(O)CCCC2)N1. The third-order valence-corrected chi connectivity index (χ3v) is 5.38. The van der Waals surface area contributed by atoms with E-state index in [0.29, 0.717) is 18.0 Å². The molecule has 0 saturated carbocycles. The zero-order chi connectivity index (χ0) is 16.8. The number of aliphatic hydroxyl groups is 1. The fourth-order valence-electron chi connectivity index (χ4n) is 3.99. The molecule has 24 heavy (non-hydrogen) atoms. The summed E-state index contributed by atoms with van der Waals surface area (Å²) in [7, 11) is 0. The number of ether oxygens (including phenoxy) is 1. The zero-order valence-electron chi connectivity index (χ0n) is 15.0. The third-order valence-electron chi connectivity index (χ3n) is 5.38. The molecule has 2 aliphatic heterocycles. The topological polar surface area (TPSA) is 68.8 Å². The number of hydrogen-bond donors (Lipinski definition) is 4. The molecule has 0 amide bonds. The number of morpholine rings is 1. The number of allylic oxidation sites excluding steroid dienone is 1. The lowest BCUT2D eigenvalue weighted by Gasteiger charge is -2.39. The highest BCUT2D eigenvalue weighted by Gasteiger charge is 2.29. The van der Waals surface area contributed by atoms with Crippen LogP contribution in [0.2, 0.25) is 0 Å². The van der Waals surface area contributed by atoms with Gasteiger partial charge >= 0.3 is 0 Å². The molecule has 4 N–H and O–H groups in total. The Morgan fingerprint density at radius 1 is 1.21 bits per heavy atom. The summed E-state index contributed by atoms with van der Waals surface area (Å²) in [6.45, 7) is 8.29. The Labute approximate surface area is 146 Å². The van der Waals surface area contributed by atoms with Gasteiger partial charge in [0.15, 0.2) is 0 Å². The van der Waals surface area contributed by atoms with Crippen LogP contribution in [0.5, 0.6) is 0 Å². The van der Waals surface area contributed by atoms with E-state index in [0.717, 1.165) is 65.1 Å². The second-order valence-electron chi connectivity index (χ2n) is 7.40. The molecular formula is C18H34N4O2. The lowest BCUT2D eigenvalue weighted by atomic mass is 9.93. The summed E-state index contributed by atoms with van der Waals surface area (Å²) in [6.07, 6.45) is 6.81. The van der Waals surface area contributed by atoms with Crippen molar-refractivity contribution in [2.75, 3.05) is 39.4 Å². The summed E-state index contributed by atoms with van der Waals surface area (Å²) < 4.78 is 5.39. The van der Waals surface area contributed by atoms with E-state index in [9.17, 15) is 5.11 Å². The molecule has 2 fully saturated rings. The van der Waals surface area contributed by atoms with E-state index in [1.54, 1.807) is 0 Å². The van der Waals surface area contributed by atoms with E-state index in [1.165, 1.54) is 18.4 Å². The van der Waals surface area contributed by atoms with Crippen LogP contribution in [0.3, 0.4) is 0 Å². The Bertz CT molecular complexity index is 423. The summed E-state index contributed by atoms with van der Waals surface area (Å²) in [5, 5.41) is 21.1. The molecular weight excluding hydrogens is 304 g/mol. The summed E-state index contributed by atoms with van der Waals surface area (Å²) in [5.41, 5.74) is 1.17. The molecule has 138 valence electrons. The van der Waals surface area contributed by atoms with Crippen molar-refractivity contribution in [2.24, 2.45) is 0 Å². The van der Waals surface area contributed by atoms with Crippen LogP contribution >= 0.6 is 0 Å². The highest BCUT2D eigenvalue weighted by molar-refractivity contribution is 5.18. The molecule has 3 unspecified atom stereocenters. The number of hydrogen-bond acceptors (Lipinski definition) is 6. The number of rotatable bonds is 6. The van der Waals surface area contributed by atoms with E-state index in [-0.39, 0.29) is 6.17 Å². The predicted octanol–water partition coefficient (Wildman–Crippen LogP) is 1.31. The van der Waals surface area contributed by atoms with Crippen LogP contribution in [0, 0.1) is 0 Å². The molecule has 2 heterocycles. The summed E-state index contributed by atoms with van der Waals surface area (Å²) in [6, 6.07) is 0.454. The molecule has 2 saturated heterocycles. The third kappa shape index (κ3) is 5.17. The quantitative estimate of drug-likeness (QED) is 0.548. The maximum atomic E-state index is 10.2. The second-order valence-corrected chi connectivity index (χ2v) is 7.40. The molecule has 6 heteroatoms. The number of nitrogens with zero attached hydrogens (tertiary/aromatic N) is 1. The van der Waals surface area contributed by atoms with Crippen LogP contribution in [-0.2, 0) is 4.74 Å². The van der Waals surface area contributed by atoms with Crippen molar-refractivity contribution in [3.8, 4) is 0 Å². The Morgan fingerprint density at radius 3 is 2.79 bits per heavy atom. The van der Waals surface area contributed by atoms with Crippen molar-refractivity contribution in [2.45, 2.75) is 63.8 Å². The fraction of sp³-hybridized carbons (Fsp3) is 0.889. The van der Waals surface area contributed by atoms with Gasteiger partial charge in [-0.2, -0.15) is 0 Å². The van der Waals surface area contributed by atoms with Gasteiger partial charge in [0.25, 0.3) is 0 Å². The number of nitrogens with one attached hydrogen (secondary N) is 3. The van der Waals surface area contributed by atoms with Crippen LogP contribution < -0.4 is 16.0 Å². The van der Waals surface area contributed by atoms with Crippen molar-refractivity contribution in [3.63, 3.8) is 0 Å². The van der Waals surface area contributed by atoms with Gasteiger partial charge in [0.2, 0.25) is 0 Å². The Hall–Kier alpha value is -0.660. The molecule has 0 bridgehead atoms. The highest BCUT2D eigenvalue weighted by Crippen LogP contribution is 2.26. The standard InChI is InChI=1S/C18H34N4O2/c1-14-13-17(19-7-4-8-22-9-11-24-12-10-22)21-18(20-14)15-5-2-3-6-16(15)23/h14,17-21,23H,2-13H2,1H3. The average Bonchev–Trinajstić information content (AvgIpc) is 2.60. The first kappa shape index (κ1) is 18.1. The van der Waals surface area contributed by atoms with Gasteiger partial charge in [-0.05, 0) is 57.7 Å². The zero-order valence-corrected chi connectivity index (χ0v) is 15.0. The lowest BCUT2D eigenvalue weighted by Crippen LogP contribution is -2.62. The van der Waals surface area contributed by atoms with E-state index in [1.807, 2.05) is 0 Å². The van der Waals surface area contributed by atoms with Gasteiger partial charge in [-0.25, -0.2) is 0 Å². The van der Waals surface area contributed by atoms with Crippen molar-refractivity contribution in [1.29, 1.82) is 0 Å². The molecule has 0 aromatic carbocycles. The van der Waals surface area contributed by atoms with Gasteiger partial charge in [-0.1, -0.05) is 0 Å². The maximum Gasteiger partial charge on any atom is 0.0943 e. The molecule has 1 aliphatic carbocycles. The highest BCUT2D eigenvalue weighted by atomic mass is 16.5. The van der Waals surface area contributed by atoms with Gasteiger partial charge in [0, 0.05) is 25.6 Å². The van der Waals surface area contributed by atoms with Crippen molar-refractivity contribution < 1.29 is 9.84 Å². The van der Waals surface area contributed by atoms with E-state index < -0.39 is 0 Å². The summed E-state index contributed by atoms with van der Waals surface area (Å²) >= 11 is 0. The van der Waals surface area contributed by atoms with Crippen LogP contribution in [0.15, 0.2) is 11.3 Å². The first-order valence-corrected chi connectivity index (χ1v) is 9.69. The van der Waals surface area contributed by atoms with Crippen LogP contribution in [0.4, 0.5) is 0 Å². The van der Waals surface area contributed by atoms with E-state index >= 15 is 0 Å². The van der Waals surface area contributed by atoms with Gasteiger partial charge in [0.1, 0.15) is 0 Å². The fourth-order valence-corrected chi connectivity index (χ4v) is 3.99. The van der Waals surface area contributed by atoms with Gasteiger partial charge in [-0.3, -0.25) is 15.5 Å². The van der Waals surface area contributed by atoms with E-state index in [4.69, 9.17) is 4.74 Å². The molecule has 0 spiro atoms. The largest absolute Gasteiger partial charge is 0.512 e. The number of aliphatic hydroxyl groups excluding tert-OH is 1. The molecule has 0 radical (unpaired) electrons.